The van der Waals surface area contributed by atoms with E-state index >= 15 is 0 Å². The Labute approximate surface area is 251 Å². The summed E-state index contributed by atoms with van der Waals surface area (Å²) in [5, 5.41) is 20.6. The number of fused-ring (bicyclic) bond motifs is 2. The van der Waals surface area contributed by atoms with E-state index in [4.69, 9.17) is 18.6 Å². The van der Waals surface area contributed by atoms with Crippen LogP contribution in [0.2, 0.25) is 0 Å². The van der Waals surface area contributed by atoms with E-state index < -0.39 is 64.1 Å². The van der Waals surface area contributed by atoms with Crippen molar-refractivity contribution in [3.8, 4) is 5.75 Å². The summed E-state index contributed by atoms with van der Waals surface area (Å²) < 4.78 is 68.2. The number of aromatic hydroxyl groups is 1. The van der Waals surface area contributed by atoms with Gasteiger partial charge in [-0.05, 0) is 31.0 Å². The van der Waals surface area contributed by atoms with Crippen LogP contribution in [0, 0.1) is 6.92 Å². The molecule has 44 heavy (non-hydrogen) atoms. The fraction of sp³-hybridized carbons (Fsp3) is 0.379. The molecule has 15 heteroatoms. The van der Waals surface area contributed by atoms with Crippen LogP contribution >= 0.6 is 11.8 Å². The van der Waals surface area contributed by atoms with Crippen LogP contribution in [0.25, 0.3) is 11.0 Å². The lowest BCUT2D eigenvalue weighted by atomic mass is 9.88. The Morgan fingerprint density at radius 3 is 2.30 bits per heavy atom. The smallest absolute Gasteiger partial charge is 0.432 e. The van der Waals surface area contributed by atoms with Gasteiger partial charge in [0.1, 0.15) is 16.7 Å². The number of ether oxygens (including phenoxy) is 4. The number of carbonyl (C=O) groups is 3. The van der Waals surface area contributed by atoms with Gasteiger partial charge in [0, 0.05) is 19.1 Å². The molecule has 0 radical (unpaired) electrons. The number of aliphatic hydroxyl groups is 1. The number of halogens is 3. The molecule has 2 aromatic carbocycles. The molecule has 0 aliphatic carbocycles. The van der Waals surface area contributed by atoms with Gasteiger partial charge in [0.2, 0.25) is 11.5 Å². The van der Waals surface area contributed by atoms with Crippen LogP contribution in [0.3, 0.4) is 0 Å². The zero-order valence-electron chi connectivity index (χ0n) is 23.7. The lowest BCUT2D eigenvalue weighted by Gasteiger charge is -2.35. The van der Waals surface area contributed by atoms with Crippen LogP contribution in [0.1, 0.15) is 23.1 Å². The second kappa shape index (κ2) is 12.1. The van der Waals surface area contributed by atoms with Gasteiger partial charge in [0.25, 0.3) is 5.60 Å². The zero-order valence-corrected chi connectivity index (χ0v) is 24.5. The normalized spacial score (nSPS) is 18.0. The quantitative estimate of drug-likeness (QED) is 0.260. The number of aryl methyl sites for hydroxylation is 1. The molecule has 11 nitrogen and oxygen atoms in total. The Hall–Kier alpha value is -4.08. The Balaban J connectivity index is 1.74. The number of phenols is 1. The highest BCUT2D eigenvalue weighted by Gasteiger charge is 2.65. The van der Waals surface area contributed by atoms with Gasteiger partial charge in [-0.2, -0.15) is 13.2 Å². The minimum atomic E-state index is -5.39. The Kier molecular flexibility index (Phi) is 9.05. The van der Waals surface area contributed by atoms with Gasteiger partial charge in [0.05, 0.1) is 25.0 Å². The molecule has 4 atom stereocenters. The maximum absolute atomic E-state index is 14.4. The van der Waals surface area contributed by atoms with E-state index in [1.54, 1.807) is 6.92 Å². The van der Waals surface area contributed by atoms with Crippen LogP contribution in [0.5, 0.6) is 5.75 Å². The number of benzene rings is 2. The highest BCUT2D eigenvalue weighted by Crippen LogP contribution is 2.46. The standard InChI is InChI=1S/C29H27F3O11S/c1-14-10-17(33)21-18(11-14)42-24-16(22(21)34)12-20(44-24)27(38,25(36)40-3)13-19(23(35)39-2)43-26(37)28(41-4,29(30,31)32)15-8-6-5-7-9-15/h5-11,19-20,33,38H,12-13H2,1-4H3/t19-,20+,27-,28-/m1/s1. The average molecular weight is 641 g/mol. The number of esters is 3. The molecule has 3 aromatic rings. The van der Waals surface area contributed by atoms with E-state index in [0.29, 0.717) is 12.7 Å². The van der Waals surface area contributed by atoms with Crippen molar-refractivity contribution in [2.75, 3.05) is 21.3 Å². The van der Waals surface area contributed by atoms with Crippen molar-refractivity contribution in [2.24, 2.45) is 0 Å². The minimum Gasteiger partial charge on any atom is -0.507 e. The van der Waals surface area contributed by atoms with E-state index in [9.17, 15) is 42.6 Å². The molecule has 0 unspecified atom stereocenters. The van der Waals surface area contributed by atoms with Gasteiger partial charge in [-0.25, -0.2) is 14.4 Å². The lowest BCUT2D eigenvalue weighted by molar-refractivity contribution is -0.279. The summed E-state index contributed by atoms with van der Waals surface area (Å²) in [5.74, 6) is -5.17. The number of thioether (sulfide) groups is 1. The molecule has 1 aliphatic rings. The van der Waals surface area contributed by atoms with Gasteiger partial charge in [0.15, 0.2) is 10.7 Å². The second-order valence-electron chi connectivity index (χ2n) is 9.95. The largest absolute Gasteiger partial charge is 0.507 e. The Morgan fingerprint density at radius 1 is 1.07 bits per heavy atom. The fourth-order valence-electron chi connectivity index (χ4n) is 5.05. The van der Waals surface area contributed by atoms with Crippen molar-refractivity contribution in [2.45, 2.75) is 53.6 Å². The number of rotatable bonds is 9. The van der Waals surface area contributed by atoms with Gasteiger partial charge >= 0.3 is 24.1 Å². The van der Waals surface area contributed by atoms with Crippen LogP contribution < -0.4 is 5.43 Å². The summed E-state index contributed by atoms with van der Waals surface area (Å²) in [6, 6.07) is 8.64. The van der Waals surface area contributed by atoms with Gasteiger partial charge < -0.3 is 33.6 Å². The monoisotopic (exact) mass is 640 g/mol. The van der Waals surface area contributed by atoms with Crippen LogP contribution in [-0.2, 0) is 45.4 Å². The molecule has 0 saturated carbocycles. The van der Waals surface area contributed by atoms with Crippen molar-refractivity contribution >= 4 is 40.6 Å². The molecule has 2 heterocycles. The second-order valence-corrected chi connectivity index (χ2v) is 11.1. The third-order valence-electron chi connectivity index (χ3n) is 7.27. The topological polar surface area (TPSA) is 159 Å². The molecule has 0 saturated heterocycles. The van der Waals surface area contributed by atoms with Crippen molar-refractivity contribution in [1.82, 2.24) is 0 Å². The Morgan fingerprint density at radius 2 is 1.73 bits per heavy atom. The Bertz CT molecular complexity index is 1660. The van der Waals surface area contributed by atoms with Crippen molar-refractivity contribution in [3.05, 3.63) is 69.4 Å². The van der Waals surface area contributed by atoms with E-state index in [1.807, 2.05) is 0 Å². The predicted octanol–water partition coefficient (Wildman–Crippen LogP) is 3.31. The van der Waals surface area contributed by atoms with Gasteiger partial charge in [-0.15, -0.1) is 0 Å². The number of methoxy groups -OCH3 is 3. The van der Waals surface area contributed by atoms with Gasteiger partial charge in [-0.3, -0.25) is 4.79 Å². The third-order valence-corrected chi connectivity index (χ3v) is 8.65. The molecule has 4 rings (SSSR count). The molecule has 236 valence electrons. The lowest BCUT2D eigenvalue weighted by Crippen LogP contribution is -2.56. The van der Waals surface area contributed by atoms with Crippen LogP contribution in [-0.4, -0.2) is 72.6 Å². The SMILES string of the molecule is COC(=O)[C@@H](C[C@](O)(C(=O)OC)[C@@H]1Cc2c(oc3cc(C)cc(O)c3c2=O)S1)OC(=O)[C@](OC)(c1ccccc1)C(F)(F)F. The first-order valence-electron chi connectivity index (χ1n) is 12.9. The summed E-state index contributed by atoms with van der Waals surface area (Å²) in [4.78, 5) is 52.3. The van der Waals surface area contributed by atoms with Crippen LogP contribution in [0.4, 0.5) is 13.2 Å². The number of hydrogen-bond donors (Lipinski definition) is 2. The molecule has 0 amide bonds. The first kappa shape index (κ1) is 32.8. The van der Waals surface area contributed by atoms with Crippen molar-refractivity contribution in [1.29, 1.82) is 0 Å². The first-order valence-corrected chi connectivity index (χ1v) is 13.8. The highest BCUT2D eigenvalue weighted by atomic mass is 32.2. The molecule has 1 aromatic heterocycles. The molecule has 0 fully saturated rings. The molecule has 1 aliphatic heterocycles. The molecule has 0 bridgehead atoms. The molecule has 2 N–H and O–H groups in total. The number of alkyl halides is 3. The maximum atomic E-state index is 14.4. The molecule has 0 spiro atoms. The van der Waals surface area contributed by atoms with E-state index in [2.05, 4.69) is 4.74 Å². The summed E-state index contributed by atoms with van der Waals surface area (Å²) >= 11 is 0.722. The maximum Gasteiger partial charge on any atom is 0.432 e. The van der Waals surface area contributed by atoms with Crippen molar-refractivity contribution in [3.63, 3.8) is 0 Å². The molecular formula is C29H27F3O11S. The summed E-state index contributed by atoms with van der Waals surface area (Å²) in [5.41, 5.74) is -7.15. The average Bonchev–Trinajstić information content (AvgIpc) is 3.41. The third kappa shape index (κ3) is 5.50. The van der Waals surface area contributed by atoms with Gasteiger partial charge in [-0.1, -0.05) is 42.1 Å². The van der Waals surface area contributed by atoms with E-state index in [1.165, 1.54) is 30.3 Å². The number of carbonyl (C=O) groups excluding carboxylic acids is 3. The zero-order chi connectivity index (χ0) is 32.6. The fourth-order valence-corrected chi connectivity index (χ4v) is 6.40. The van der Waals surface area contributed by atoms with Crippen LogP contribution in [0.15, 0.2) is 56.8 Å². The summed E-state index contributed by atoms with van der Waals surface area (Å²) in [6.07, 6.45) is -9.15. The summed E-state index contributed by atoms with van der Waals surface area (Å²) in [6.45, 7) is 1.65. The van der Waals surface area contributed by atoms with Crippen molar-refractivity contribution < 1.29 is 61.1 Å². The number of phenolic OH excluding ortho intramolecular Hbond substituents is 1. The van der Waals surface area contributed by atoms with E-state index in [0.717, 1.165) is 38.1 Å². The predicted molar refractivity (Wildman–Crippen MR) is 147 cm³/mol. The van der Waals surface area contributed by atoms with E-state index in [-0.39, 0.29) is 33.8 Å². The molecular weight excluding hydrogens is 613 g/mol. The first-order chi connectivity index (χ1) is 20.6. The number of hydrogen-bond acceptors (Lipinski definition) is 12. The minimum absolute atomic E-state index is 0.00834. The summed E-state index contributed by atoms with van der Waals surface area (Å²) in [7, 11) is 2.39. The highest BCUT2D eigenvalue weighted by molar-refractivity contribution is 8.00.